The van der Waals surface area contributed by atoms with Crippen LogP contribution < -0.4 is 5.32 Å². The van der Waals surface area contributed by atoms with E-state index in [0.717, 1.165) is 22.8 Å². The number of ether oxygens (including phenoxy) is 1. The summed E-state index contributed by atoms with van der Waals surface area (Å²) in [7, 11) is 0. The van der Waals surface area contributed by atoms with Crippen LogP contribution in [0.15, 0.2) is 23.7 Å². The zero-order valence-electron chi connectivity index (χ0n) is 14.0. The first-order chi connectivity index (χ1) is 11.7. The maximum Gasteiger partial charge on any atom is 0.317 e. The van der Waals surface area contributed by atoms with Crippen molar-refractivity contribution in [2.75, 3.05) is 19.7 Å². The molecular weight excluding hydrogens is 324 g/mol. The summed E-state index contributed by atoms with van der Waals surface area (Å²) in [5.41, 5.74) is 3.09. The van der Waals surface area contributed by atoms with Crippen LogP contribution in [0.1, 0.15) is 35.0 Å². The molecule has 1 saturated heterocycles. The molecule has 0 aliphatic carbocycles. The molecule has 1 aliphatic rings. The number of thiazole rings is 1. The average molecular weight is 346 g/mol. The van der Waals surface area contributed by atoms with Gasteiger partial charge in [0.1, 0.15) is 11.1 Å². The molecule has 1 aliphatic heterocycles. The van der Waals surface area contributed by atoms with Crippen LogP contribution in [0, 0.1) is 6.92 Å². The number of carbonyl (C=O) groups excluding carboxylic acids is 1. The number of aromatic nitrogens is 2. The van der Waals surface area contributed by atoms with E-state index in [1.165, 1.54) is 5.56 Å². The smallest absolute Gasteiger partial charge is 0.317 e. The standard InChI is InChI=1S/C17H22N4O2S/c1-3-13-4-5-18-14(8-13)9-19-17(22)21-6-7-23-15(10-21)16-20-12(2)11-24-16/h4-5,8,11,15H,3,6-7,9-10H2,1-2H3,(H,19,22)/t15-/m1/s1. The van der Waals surface area contributed by atoms with E-state index in [1.54, 1.807) is 22.4 Å². The normalized spacial score (nSPS) is 17.8. The van der Waals surface area contributed by atoms with Crippen molar-refractivity contribution in [3.8, 4) is 0 Å². The fourth-order valence-electron chi connectivity index (χ4n) is 2.63. The molecule has 128 valence electrons. The molecule has 1 N–H and O–H groups in total. The highest BCUT2D eigenvalue weighted by Gasteiger charge is 2.27. The van der Waals surface area contributed by atoms with Crippen LogP contribution in [-0.4, -0.2) is 40.6 Å². The van der Waals surface area contributed by atoms with Crippen molar-refractivity contribution in [2.24, 2.45) is 0 Å². The maximum atomic E-state index is 12.4. The van der Waals surface area contributed by atoms with E-state index in [4.69, 9.17) is 4.74 Å². The number of aryl methyl sites for hydroxylation is 2. The minimum Gasteiger partial charge on any atom is -0.367 e. The third-order valence-corrected chi connectivity index (χ3v) is 5.03. The molecule has 0 bridgehead atoms. The number of pyridine rings is 1. The summed E-state index contributed by atoms with van der Waals surface area (Å²) < 4.78 is 5.76. The van der Waals surface area contributed by atoms with Gasteiger partial charge in [-0.3, -0.25) is 4.98 Å². The molecule has 2 amide bonds. The van der Waals surface area contributed by atoms with E-state index in [1.807, 2.05) is 24.4 Å². The molecule has 0 radical (unpaired) electrons. The highest BCUT2D eigenvalue weighted by Crippen LogP contribution is 2.25. The lowest BCUT2D eigenvalue weighted by atomic mass is 10.2. The molecule has 1 fully saturated rings. The molecule has 3 heterocycles. The van der Waals surface area contributed by atoms with Gasteiger partial charge in [0.25, 0.3) is 0 Å². The van der Waals surface area contributed by atoms with Crippen LogP contribution in [-0.2, 0) is 17.7 Å². The fraction of sp³-hybridized carbons (Fsp3) is 0.471. The summed E-state index contributed by atoms with van der Waals surface area (Å²) in [4.78, 5) is 23.0. The zero-order chi connectivity index (χ0) is 16.9. The van der Waals surface area contributed by atoms with Gasteiger partial charge in [0.2, 0.25) is 0 Å². The van der Waals surface area contributed by atoms with Gasteiger partial charge in [-0.25, -0.2) is 9.78 Å². The molecule has 24 heavy (non-hydrogen) atoms. The summed E-state index contributed by atoms with van der Waals surface area (Å²) in [6.07, 6.45) is 2.61. The summed E-state index contributed by atoms with van der Waals surface area (Å²) in [6, 6.07) is 3.94. The Kier molecular flexibility index (Phi) is 5.42. The predicted octanol–water partition coefficient (Wildman–Crippen LogP) is 2.69. The van der Waals surface area contributed by atoms with Crippen molar-refractivity contribution in [3.63, 3.8) is 0 Å². The molecule has 0 aromatic carbocycles. The highest BCUT2D eigenvalue weighted by atomic mass is 32.1. The predicted molar refractivity (Wildman–Crippen MR) is 93.0 cm³/mol. The topological polar surface area (TPSA) is 67.4 Å². The van der Waals surface area contributed by atoms with Crippen molar-refractivity contribution >= 4 is 17.4 Å². The number of hydrogen-bond donors (Lipinski definition) is 1. The van der Waals surface area contributed by atoms with Gasteiger partial charge in [-0.1, -0.05) is 6.92 Å². The second-order valence-electron chi connectivity index (χ2n) is 5.80. The molecule has 0 saturated carbocycles. The van der Waals surface area contributed by atoms with Crippen LogP contribution in [0.4, 0.5) is 4.79 Å². The maximum absolute atomic E-state index is 12.4. The Morgan fingerprint density at radius 3 is 3.17 bits per heavy atom. The van der Waals surface area contributed by atoms with Crippen LogP contribution in [0.25, 0.3) is 0 Å². The van der Waals surface area contributed by atoms with Crippen molar-refractivity contribution in [1.82, 2.24) is 20.2 Å². The number of hydrogen-bond acceptors (Lipinski definition) is 5. The Morgan fingerprint density at radius 2 is 2.42 bits per heavy atom. The van der Waals surface area contributed by atoms with Gasteiger partial charge in [0, 0.05) is 23.8 Å². The Labute approximate surface area is 145 Å². The monoisotopic (exact) mass is 346 g/mol. The van der Waals surface area contributed by atoms with Crippen LogP contribution in [0.3, 0.4) is 0 Å². The molecule has 7 heteroatoms. The average Bonchev–Trinajstić information content (AvgIpc) is 3.06. The molecule has 0 unspecified atom stereocenters. The van der Waals surface area contributed by atoms with Gasteiger partial charge in [0.15, 0.2) is 0 Å². The number of carbonyl (C=O) groups is 1. The molecular formula is C17H22N4O2S. The number of amides is 2. The van der Waals surface area contributed by atoms with Crippen molar-refractivity contribution in [1.29, 1.82) is 0 Å². The first kappa shape index (κ1) is 16.9. The quantitative estimate of drug-likeness (QED) is 0.924. The molecule has 2 aromatic heterocycles. The van der Waals surface area contributed by atoms with E-state index in [9.17, 15) is 4.79 Å². The first-order valence-electron chi connectivity index (χ1n) is 8.16. The van der Waals surface area contributed by atoms with Crippen molar-refractivity contribution in [3.05, 3.63) is 45.7 Å². The van der Waals surface area contributed by atoms with Crippen LogP contribution >= 0.6 is 11.3 Å². The molecule has 6 nitrogen and oxygen atoms in total. The lowest BCUT2D eigenvalue weighted by Crippen LogP contribution is -2.47. The second kappa shape index (κ2) is 7.72. The molecule has 2 aromatic rings. The Morgan fingerprint density at radius 1 is 1.54 bits per heavy atom. The molecule has 3 rings (SSSR count). The van der Waals surface area contributed by atoms with E-state index >= 15 is 0 Å². The summed E-state index contributed by atoms with van der Waals surface area (Å²) >= 11 is 1.58. The van der Waals surface area contributed by atoms with E-state index < -0.39 is 0 Å². The van der Waals surface area contributed by atoms with Gasteiger partial charge in [-0.05, 0) is 31.0 Å². The van der Waals surface area contributed by atoms with E-state index in [2.05, 4.69) is 22.2 Å². The lowest BCUT2D eigenvalue weighted by Gasteiger charge is -2.32. The minimum absolute atomic E-state index is 0.0831. The molecule has 1 atom stereocenters. The Hall–Kier alpha value is -1.99. The SMILES string of the molecule is CCc1ccnc(CNC(=O)N2CCO[C@@H](c3nc(C)cs3)C2)c1. The Balaban J connectivity index is 1.56. The van der Waals surface area contributed by atoms with Crippen LogP contribution in [0.2, 0.25) is 0 Å². The number of rotatable bonds is 4. The first-order valence-corrected chi connectivity index (χ1v) is 9.04. The van der Waals surface area contributed by atoms with Gasteiger partial charge >= 0.3 is 6.03 Å². The minimum atomic E-state index is -0.134. The second-order valence-corrected chi connectivity index (χ2v) is 6.69. The van der Waals surface area contributed by atoms with Crippen molar-refractivity contribution in [2.45, 2.75) is 32.9 Å². The highest BCUT2D eigenvalue weighted by molar-refractivity contribution is 7.09. The summed E-state index contributed by atoms with van der Waals surface area (Å²) in [5, 5.41) is 5.89. The number of morpholine rings is 1. The number of nitrogens with one attached hydrogen (secondary N) is 1. The summed E-state index contributed by atoms with van der Waals surface area (Å²) in [5.74, 6) is 0. The van der Waals surface area contributed by atoms with E-state index in [-0.39, 0.29) is 12.1 Å². The Bertz CT molecular complexity index is 703. The van der Waals surface area contributed by atoms with Crippen molar-refractivity contribution < 1.29 is 9.53 Å². The summed E-state index contributed by atoms with van der Waals surface area (Å²) in [6.45, 7) is 6.15. The fourth-order valence-corrected chi connectivity index (χ4v) is 3.46. The van der Waals surface area contributed by atoms with E-state index in [0.29, 0.717) is 26.2 Å². The molecule has 0 spiro atoms. The van der Waals surface area contributed by atoms with Gasteiger partial charge in [-0.15, -0.1) is 11.3 Å². The van der Waals surface area contributed by atoms with Gasteiger partial charge in [0.05, 0.1) is 25.4 Å². The number of urea groups is 1. The third-order valence-electron chi connectivity index (χ3n) is 3.98. The third kappa shape index (κ3) is 4.10. The van der Waals surface area contributed by atoms with Crippen LogP contribution in [0.5, 0.6) is 0 Å². The van der Waals surface area contributed by atoms with Gasteiger partial charge < -0.3 is 15.0 Å². The number of nitrogens with zero attached hydrogens (tertiary/aromatic N) is 3. The zero-order valence-corrected chi connectivity index (χ0v) is 14.8. The lowest BCUT2D eigenvalue weighted by molar-refractivity contribution is -0.0156. The van der Waals surface area contributed by atoms with Gasteiger partial charge in [-0.2, -0.15) is 0 Å². The largest absolute Gasteiger partial charge is 0.367 e.